The Hall–Kier alpha value is -3.16. The highest BCUT2D eigenvalue weighted by Gasteiger charge is 2.13. The second kappa shape index (κ2) is 5.87. The van der Waals surface area contributed by atoms with Gasteiger partial charge in [0.05, 0.1) is 24.3 Å². The normalized spacial score (nSPS) is 9.95. The maximum absolute atomic E-state index is 10.7. The van der Waals surface area contributed by atoms with Gasteiger partial charge >= 0.3 is 0 Å². The van der Waals surface area contributed by atoms with E-state index in [1.165, 1.54) is 37.6 Å². The van der Waals surface area contributed by atoms with Crippen LogP contribution in [-0.2, 0) is 0 Å². The Morgan fingerprint density at radius 1 is 1.33 bits per heavy atom. The summed E-state index contributed by atoms with van der Waals surface area (Å²) >= 11 is 0. The van der Waals surface area contributed by atoms with E-state index >= 15 is 0 Å². The van der Waals surface area contributed by atoms with Crippen molar-refractivity contribution in [2.24, 2.45) is 5.73 Å². The number of hydrogen-bond donors (Lipinski definition) is 2. The Labute approximate surface area is 119 Å². The highest BCUT2D eigenvalue weighted by atomic mass is 16.6. The predicted molar refractivity (Wildman–Crippen MR) is 75.0 cm³/mol. The Bertz CT molecular complexity index is 685. The van der Waals surface area contributed by atoms with E-state index in [-0.39, 0.29) is 17.3 Å². The zero-order chi connectivity index (χ0) is 15.4. The summed E-state index contributed by atoms with van der Waals surface area (Å²) in [6.45, 7) is 0. The summed E-state index contributed by atoms with van der Waals surface area (Å²) in [4.78, 5) is 14.1. The molecule has 2 aromatic rings. The quantitative estimate of drug-likeness (QED) is 0.375. The molecule has 21 heavy (non-hydrogen) atoms. The zero-order valence-electron chi connectivity index (χ0n) is 11.1. The molecule has 0 atom stereocenters. The maximum atomic E-state index is 10.7. The Balaban J connectivity index is 2.26. The van der Waals surface area contributed by atoms with Crippen molar-refractivity contribution in [3.8, 4) is 17.2 Å². The molecule has 0 aliphatic heterocycles. The van der Waals surface area contributed by atoms with Crippen LogP contribution in [0.25, 0.3) is 0 Å². The molecule has 0 amide bonds. The van der Waals surface area contributed by atoms with Crippen LogP contribution in [0.15, 0.2) is 36.5 Å². The third-order valence-corrected chi connectivity index (χ3v) is 2.60. The van der Waals surface area contributed by atoms with Gasteiger partial charge in [0.25, 0.3) is 5.69 Å². The average Bonchev–Trinajstić information content (AvgIpc) is 2.48. The van der Waals surface area contributed by atoms with Crippen LogP contribution in [-0.4, -0.2) is 22.9 Å². The van der Waals surface area contributed by atoms with E-state index in [0.717, 1.165) is 0 Å². The van der Waals surface area contributed by atoms with E-state index in [4.69, 9.17) is 20.6 Å². The van der Waals surface area contributed by atoms with Crippen molar-refractivity contribution in [3.05, 3.63) is 52.3 Å². The van der Waals surface area contributed by atoms with Crippen LogP contribution in [0, 0.1) is 15.5 Å². The molecular formula is C13H12N4O4. The van der Waals surface area contributed by atoms with Gasteiger partial charge in [0.15, 0.2) is 11.5 Å². The third-order valence-electron chi connectivity index (χ3n) is 2.60. The molecule has 0 saturated carbocycles. The molecule has 108 valence electrons. The van der Waals surface area contributed by atoms with Gasteiger partial charge in [-0.1, -0.05) is 0 Å². The monoisotopic (exact) mass is 288 g/mol. The number of nitrogens with zero attached hydrogens (tertiary/aromatic N) is 2. The molecule has 0 radical (unpaired) electrons. The van der Waals surface area contributed by atoms with Crippen LogP contribution < -0.4 is 15.2 Å². The van der Waals surface area contributed by atoms with Crippen molar-refractivity contribution < 1.29 is 14.4 Å². The van der Waals surface area contributed by atoms with Gasteiger partial charge in [0.2, 0.25) is 0 Å². The van der Waals surface area contributed by atoms with Crippen LogP contribution in [0.5, 0.6) is 17.2 Å². The van der Waals surface area contributed by atoms with Crippen molar-refractivity contribution in [3.63, 3.8) is 0 Å². The molecule has 0 spiro atoms. The zero-order valence-corrected chi connectivity index (χ0v) is 11.1. The smallest absolute Gasteiger partial charge is 0.273 e. The van der Waals surface area contributed by atoms with Crippen LogP contribution in [0.3, 0.4) is 0 Å². The summed E-state index contributed by atoms with van der Waals surface area (Å²) in [6, 6.07) is 7.15. The van der Waals surface area contributed by atoms with E-state index in [2.05, 4.69) is 4.98 Å². The SMILES string of the molecule is COc1cc([N+](=O)[O-])ccc1Oc1ccc(C(=N)N)nc1. The predicted octanol–water partition coefficient (Wildman–Crippen LogP) is 2.07. The number of nitro groups is 1. The summed E-state index contributed by atoms with van der Waals surface area (Å²) in [5, 5.41) is 18.0. The van der Waals surface area contributed by atoms with Crippen molar-refractivity contribution in [1.82, 2.24) is 4.98 Å². The van der Waals surface area contributed by atoms with Gasteiger partial charge in [-0.05, 0) is 18.2 Å². The van der Waals surface area contributed by atoms with Gasteiger partial charge in [-0.15, -0.1) is 0 Å². The second-order valence-corrected chi connectivity index (χ2v) is 3.99. The largest absolute Gasteiger partial charge is 0.493 e. The minimum Gasteiger partial charge on any atom is -0.493 e. The number of hydrogen-bond acceptors (Lipinski definition) is 6. The van der Waals surface area contributed by atoms with Crippen LogP contribution in [0.4, 0.5) is 5.69 Å². The first-order chi connectivity index (χ1) is 10.0. The summed E-state index contributed by atoms with van der Waals surface area (Å²) in [7, 11) is 1.39. The minimum atomic E-state index is -0.518. The first-order valence-electron chi connectivity index (χ1n) is 5.82. The van der Waals surface area contributed by atoms with Gasteiger partial charge in [-0.2, -0.15) is 0 Å². The van der Waals surface area contributed by atoms with Crippen LogP contribution in [0.1, 0.15) is 5.69 Å². The van der Waals surface area contributed by atoms with Gasteiger partial charge in [0.1, 0.15) is 17.3 Å². The third kappa shape index (κ3) is 3.24. The molecule has 8 nitrogen and oxygen atoms in total. The standard InChI is InChI=1S/C13H12N4O4/c1-20-12-6-8(17(18)19)2-5-11(12)21-9-3-4-10(13(14)15)16-7-9/h2-7H,1H3,(H3,14,15). The fraction of sp³-hybridized carbons (Fsp3) is 0.0769. The minimum absolute atomic E-state index is 0.0933. The van der Waals surface area contributed by atoms with Gasteiger partial charge in [0, 0.05) is 6.07 Å². The fourth-order valence-corrected chi connectivity index (χ4v) is 1.58. The number of benzene rings is 1. The van der Waals surface area contributed by atoms with E-state index < -0.39 is 4.92 Å². The number of non-ortho nitro benzene ring substituents is 1. The maximum Gasteiger partial charge on any atom is 0.273 e. The molecule has 1 aromatic carbocycles. The Morgan fingerprint density at radius 3 is 2.62 bits per heavy atom. The molecule has 0 fully saturated rings. The van der Waals surface area contributed by atoms with Crippen molar-refractivity contribution in [2.75, 3.05) is 7.11 Å². The van der Waals surface area contributed by atoms with Crippen molar-refractivity contribution in [1.29, 1.82) is 5.41 Å². The molecule has 1 heterocycles. The van der Waals surface area contributed by atoms with Gasteiger partial charge in [-0.3, -0.25) is 15.5 Å². The number of rotatable bonds is 5. The molecule has 8 heteroatoms. The summed E-state index contributed by atoms with van der Waals surface area (Å²) in [5.74, 6) is 0.807. The topological polar surface area (TPSA) is 124 Å². The van der Waals surface area contributed by atoms with Crippen molar-refractivity contribution >= 4 is 11.5 Å². The number of pyridine rings is 1. The van der Waals surface area contributed by atoms with E-state index in [1.807, 2.05) is 0 Å². The molecular weight excluding hydrogens is 276 g/mol. The summed E-state index contributed by atoms with van der Waals surface area (Å²) in [6.07, 6.45) is 1.40. The number of ether oxygens (including phenoxy) is 2. The highest BCUT2D eigenvalue weighted by molar-refractivity contribution is 5.92. The number of nitrogens with two attached hydrogens (primary N) is 1. The Kier molecular flexibility index (Phi) is 3.98. The summed E-state index contributed by atoms with van der Waals surface area (Å²) in [5.41, 5.74) is 5.54. The number of nitrogen functional groups attached to an aromatic ring is 1. The second-order valence-electron chi connectivity index (χ2n) is 3.99. The Morgan fingerprint density at radius 2 is 2.10 bits per heavy atom. The van der Waals surface area contributed by atoms with Crippen molar-refractivity contribution in [2.45, 2.75) is 0 Å². The first kappa shape index (κ1) is 14.3. The molecule has 0 unspecified atom stereocenters. The van der Waals surface area contributed by atoms with Gasteiger partial charge in [-0.25, -0.2) is 4.98 Å². The number of nitro benzene ring substituents is 1. The molecule has 2 rings (SSSR count). The lowest BCUT2D eigenvalue weighted by atomic mass is 10.3. The number of methoxy groups -OCH3 is 1. The van der Waals surface area contributed by atoms with E-state index in [9.17, 15) is 10.1 Å². The fourth-order valence-electron chi connectivity index (χ4n) is 1.58. The lowest BCUT2D eigenvalue weighted by Crippen LogP contribution is -2.12. The molecule has 3 N–H and O–H groups in total. The molecule has 0 aliphatic rings. The first-order valence-corrected chi connectivity index (χ1v) is 5.82. The number of aromatic nitrogens is 1. The highest BCUT2D eigenvalue weighted by Crippen LogP contribution is 2.34. The lowest BCUT2D eigenvalue weighted by molar-refractivity contribution is -0.384. The molecule has 0 saturated heterocycles. The van der Waals surface area contributed by atoms with Gasteiger partial charge < -0.3 is 15.2 Å². The van der Waals surface area contributed by atoms with E-state index in [0.29, 0.717) is 17.2 Å². The molecule has 1 aromatic heterocycles. The number of amidine groups is 1. The number of nitrogens with one attached hydrogen (secondary N) is 1. The summed E-state index contributed by atoms with van der Waals surface area (Å²) < 4.78 is 10.6. The van der Waals surface area contributed by atoms with Crippen LogP contribution >= 0.6 is 0 Å². The average molecular weight is 288 g/mol. The molecule has 0 aliphatic carbocycles. The molecule has 0 bridgehead atoms. The van der Waals surface area contributed by atoms with Crippen LogP contribution in [0.2, 0.25) is 0 Å². The lowest BCUT2D eigenvalue weighted by Gasteiger charge is -2.10. The van der Waals surface area contributed by atoms with E-state index in [1.54, 1.807) is 6.07 Å².